The van der Waals surface area contributed by atoms with Gasteiger partial charge in [-0.2, -0.15) is 18.3 Å². The number of aromatic nitrogens is 3. The molecule has 1 amide bonds. The first kappa shape index (κ1) is 20.4. The monoisotopic (exact) mass is 450 g/mol. The van der Waals surface area contributed by atoms with Crippen molar-refractivity contribution in [2.45, 2.75) is 19.1 Å². The first-order valence-corrected chi connectivity index (χ1v) is 10.1. The molecule has 0 unspecified atom stereocenters. The summed E-state index contributed by atoms with van der Waals surface area (Å²) < 4.78 is 41.6. The van der Waals surface area contributed by atoms with Crippen LogP contribution in [0.25, 0.3) is 16.2 Å². The predicted octanol–water partition coefficient (Wildman–Crippen LogP) is 5.62. The summed E-state index contributed by atoms with van der Waals surface area (Å²) in [6.07, 6.45) is -4.71. The average molecular weight is 451 g/mol. The zero-order chi connectivity index (χ0) is 21.5. The summed E-state index contributed by atoms with van der Waals surface area (Å²) in [5.74, 6) is -0.687. The number of hydrogen-bond donors (Lipinski definition) is 1. The molecule has 0 saturated carbocycles. The lowest BCUT2D eigenvalue weighted by Gasteiger charge is -2.13. The van der Waals surface area contributed by atoms with Gasteiger partial charge in [-0.15, -0.1) is 11.3 Å². The SMILES string of the molecule is C[C@H](NC(=O)c1nn2c(C(F)(F)F)cc(-c3cccs3)nc2c1Cl)c1ccccc1. The lowest BCUT2D eigenvalue weighted by molar-refractivity contribution is -0.142. The van der Waals surface area contributed by atoms with Crippen molar-refractivity contribution in [3.63, 3.8) is 0 Å². The van der Waals surface area contributed by atoms with E-state index in [-0.39, 0.29) is 22.1 Å². The Bertz CT molecular complexity index is 1210. The molecular weight excluding hydrogens is 437 g/mol. The molecule has 0 fully saturated rings. The summed E-state index contributed by atoms with van der Waals surface area (Å²) in [7, 11) is 0. The number of fused-ring (bicyclic) bond motifs is 1. The summed E-state index contributed by atoms with van der Waals surface area (Å²) in [5.41, 5.74) is -0.669. The molecule has 0 aliphatic rings. The molecule has 0 radical (unpaired) electrons. The molecule has 0 bridgehead atoms. The minimum Gasteiger partial charge on any atom is -0.344 e. The van der Waals surface area contributed by atoms with Crippen LogP contribution in [0, 0.1) is 0 Å². The molecule has 4 rings (SSSR count). The summed E-state index contributed by atoms with van der Waals surface area (Å²) in [6, 6.07) is 13.0. The third-order valence-corrected chi connectivity index (χ3v) is 5.70. The molecule has 0 aliphatic heterocycles. The van der Waals surface area contributed by atoms with Crippen LogP contribution in [0.5, 0.6) is 0 Å². The van der Waals surface area contributed by atoms with Crippen molar-refractivity contribution in [1.29, 1.82) is 0 Å². The molecule has 10 heteroatoms. The fourth-order valence-corrected chi connectivity index (χ4v) is 3.91. The lowest BCUT2D eigenvalue weighted by Crippen LogP contribution is -2.27. The Labute approximate surface area is 178 Å². The molecule has 3 aromatic heterocycles. The van der Waals surface area contributed by atoms with Crippen LogP contribution in [-0.4, -0.2) is 20.5 Å². The Morgan fingerprint density at radius 1 is 1.20 bits per heavy atom. The van der Waals surface area contributed by atoms with Crippen LogP contribution in [0.4, 0.5) is 13.2 Å². The highest BCUT2D eigenvalue weighted by atomic mass is 35.5. The van der Waals surface area contributed by atoms with Gasteiger partial charge in [0.2, 0.25) is 0 Å². The normalized spacial score (nSPS) is 12.8. The van der Waals surface area contributed by atoms with E-state index in [0.29, 0.717) is 9.39 Å². The van der Waals surface area contributed by atoms with Crippen molar-refractivity contribution < 1.29 is 18.0 Å². The van der Waals surface area contributed by atoms with Gasteiger partial charge in [0, 0.05) is 0 Å². The van der Waals surface area contributed by atoms with Gasteiger partial charge in [-0.1, -0.05) is 48.0 Å². The maximum Gasteiger partial charge on any atom is 0.433 e. The van der Waals surface area contributed by atoms with E-state index in [1.807, 2.05) is 30.3 Å². The Hall–Kier alpha value is -2.91. The maximum atomic E-state index is 13.7. The van der Waals surface area contributed by atoms with E-state index in [9.17, 15) is 18.0 Å². The van der Waals surface area contributed by atoms with E-state index >= 15 is 0 Å². The zero-order valence-corrected chi connectivity index (χ0v) is 17.0. The predicted molar refractivity (Wildman–Crippen MR) is 109 cm³/mol. The highest BCUT2D eigenvalue weighted by molar-refractivity contribution is 7.13. The number of benzene rings is 1. The smallest absolute Gasteiger partial charge is 0.344 e. The van der Waals surface area contributed by atoms with Crippen LogP contribution in [0.2, 0.25) is 5.02 Å². The number of thiophene rings is 1. The van der Waals surface area contributed by atoms with E-state index in [0.717, 1.165) is 11.6 Å². The van der Waals surface area contributed by atoms with Gasteiger partial charge in [0.25, 0.3) is 5.91 Å². The average Bonchev–Trinajstić information content (AvgIpc) is 3.36. The number of alkyl halides is 3. The summed E-state index contributed by atoms with van der Waals surface area (Å²) in [5, 5.41) is 8.04. The minimum atomic E-state index is -4.71. The first-order chi connectivity index (χ1) is 14.3. The number of halogens is 4. The quantitative estimate of drug-likeness (QED) is 0.439. The van der Waals surface area contributed by atoms with Crippen molar-refractivity contribution in [2.75, 3.05) is 0 Å². The highest BCUT2D eigenvalue weighted by Crippen LogP contribution is 2.35. The van der Waals surface area contributed by atoms with Crippen molar-refractivity contribution in [3.05, 3.63) is 75.9 Å². The van der Waals surface area contributed by atoms with Gasteiger partial charge < -0.3 is 5.32 Å². The van der Waals surface area contributed by atoms with Crippen molar-refractivity contribution in [3.8, 4) is 10.6 Å². The number of nitrogens with one attached hydrogen (secondary N) is 1. The van der Waals surface area contributed by atoms with Gasteiger partial charge in [0.1, 0.15) is 5.02 Å². The van der Waals surface area contributed by atoms with Gasteiger partial charge in [0.15, 0.2) is 17.0 Å². The summed E-state index contributed by atoms with van der Waals surface area (Å²) in [4.78, 5) is 17.5. The van der Waals surface area contributed by atoms with Crippen LogP contribution < -0.4 is 5.32 Å². The molecule has 0 spiro atoms. The molecule has 1 N–H and O–H groups in total. The minimum absolute atomic E-state index is 0.108. The van der Waals surface area contributed by atoms with Crippen LogP contribution in [0.1, 0.15) is 34.7 Å². The standard InChI is InChI=1S/C20H14ClF3N4OS/c1-11(12-6-3-2-4-7-12)25-19(29)17-16(21)18-26-13(14-8-5-9-30-14)10-15(20(22,23)24)28(18)27-17/h2-11H,1H3,(H,25,29)/t11-/m0/s1. The van der Waals surface area contributed by atoms with Crippen LogP contribution in [0.3, 0.4) is 0 Å². The van der Waals surface area contributed by atoms with Gasteiger partial charge in [-0.05, 0) is 30.0 Å². The fourth-order valence-electron chi connectivity index (χ4n) is 2.98. The van der Waals surface area contributed by atoms with E-state index in [4.69, 9.17) is 11.6 Å². The number of nitrogens with zero attached hydrogens (tertiary/aromatic N) is 3. The van der Waals surface area contributed by atoms with Gasteiger partial charge in [0.05, 0.1) is 16.6 Å². The molecular formula is C20H14ClF3N4OS. The number of amides is 1. The number of hydrogen-bond acceptors (Lipinski definition) is 4. The molecule has 0 saturated heterocycles. The van der Waals surface area contributed by atoms with E-state index in [1.165, 1.54) is 11.3 Å². The van der Waals surface area contributed by atoms with E-state index in [2.05, 4.69) is 15.4 Å². The fraction of sp³-hybridized carbons (Fsp3) is 0.150. The summed E-state index contributed by atoms with van der Waals surface area (Å²) >= 11 is 7.51. The topological polar surface area (TPSA) is 59.3 Å². The Morgan fingerprint density at radius 2 is 1.93 bits per heavy atom. The van der Waals surface area contributed by atoms with Crippen LogP contribution >= 0.6 is 22.9 Å². The van der Waals surface area contributed by atoms with Crippen molar-refractivity contribution >= 4 is 34.5 Å². The number of carbonyl (C=O) groups is 1. The second-order valence-electron chi connectivity index (χ2n) is 6.51. The van der Waals surface area contributed by atoms with Gasteiger partial charge in [-0.3, -0.25) is 4.79 Å². The zero-order valence-electron chi connectivity index (χ0n) is 15.4. The molecule has 4 aromatic rings. The molecule has 154 valence electrons. The Kier molecular flexibility index (Phi) is 5.25. The van der Waals surface area contributed by atoms with Gasteiger partial charge >= 0.3 is 6.18 Å². The van der Waals surface area contributed by atoms with E-state index < -0.39 is 23.8 Å². The molecule has 30 heavy (non-hydrogen) atoms. The molecule has 5 nitrogen and oxygen atoms in total. The molecule has 0 aliphatic carbocycles. The number of carbonyl (C=O) groups excluding carboxylic acids is 1. The van der Waals surface area contributed by atoms with Crippen molar-refractivity contribution in [2.24, 2.45) is 0 Å². The Morgan fingerprint density at radius 3 is 2.57 bits per heavy atom. The van der Waals surface area contributed by atoms with Gasteiger partial charge in [-0.25, -0.2) is 9.50 Å². The third kappa shape index (κ3) is 3.78. The van der Waals surface area contributed by atoms with Crippen molar-refractivity contribution in [1.82, 2.24) is 19.9 Å². The highest BCUT2D eigenvalue weighted by Gasteiger charge is 2.37. The summed E-state index contributed by atoms with van der Waals surface area (Å²) in [6.45, 7) is 1.76. The largest absolute Gasteiger partial charge is 0.433 e. The molecule has 1 aromatic carbocycles. The third-order valence-electron chi connectivity index (χ3n) is 4.46. The van der Waals surface area contributed by atoms with Crippen LogP contribution in [0.15, 0.2) is 53.9 Å². The number of rotatable bonds is 4. The lowest BCUT2D eigenvalue weighted by atomic mass is 10.1. The molecule has 1 atom stereocenters. The Balaban J connectivity index is 1.78. The molecule has 3 heterocycles. The maximum absolute atomic E-state index is 13.7. The van der Waals surface area contributed by atoms with Crippen LogP contribution in [-0.2, 0) is 6.18 Å². The van der Waals surface area contributed by atoms with E-state index in [1.54, 1.807) is 24.4 Å². The first-order valence-electron chi connectivity index (χ1n) is 8.82. The second-order valence-corrected chi connectivity index (χ2v) is 7.83. The second kappa shape index (κ2) is 7.73.